The first-order valence-corrected chi connectivity index (χ1v) is 11.0. The van der Waals surface area contributed by atoms with Crippen LogP contribution in [0.3, 0.4) is 0 Å². The van der Waals surface area contributed by atoms with E-state index in [9.17, 15) is 9.59 Å². The monoisotopic (exact) mass is 421 g/mol. The number of hydrogen-bond donors (Lipinski definition) is 1. The molecule has 2 aromatic carbocycles. The van der Waals surface area contributed by atoms with Crippen molar-refractivity contribution in [2.24, 2.45) is 5.92 Å². The number of amides is 2. The second-order valence-electron chi connectivity index (χ2n) is 8.58. The minimum Gasteiger partial charge on any atom is -0.497 e. The fourth-order valence-corrected chi connectivity index (χ4v) is 5.00. The molecule has 31 heavy (non-hydrogen) atoms. The first kappa shape index (κ1) is 21.4. The number of hydrogen-bond acceptors (Lipinski definition) is 4. The van der Waals surface area contributed by atoms with Gasteiger partial charge in [-0.3, -0.25) is 14.5 Å². The van der Waals surface area contributed by atoms with E-state index in [0.29, 0.717) is 24.6 Å². The third-order valence-corrected chi connectivity index (χ3v) is 6.61. The van der Waals surface area contributed by atoms with Crippen LogP contribution in [0.2, 0.25) is 0 Å². The Morgan fingerprint density at radius 1 is 1.13 bits per heavy atom. The van der Waals surface area contributed by atoms with Crippen molar-refractivity contribution in [1.29, 1.82) is 0 Å². The van der Waals surface area contributed by atoms with E-state index < -0.39 is 0 Å². The molecule has 2 amide bonds. The third kappa shape index (κ3) is 4.44. The molecule has 6 nitrogen and oxygen atoms in total. The number of likely N-dealkylation sites (tertiary alicyclic amines) is 1. The van der Waals surface area contributed by atoms with Gasteiger partial charge in [-0.25, -0.2) is 0 Å². The molecule has 2 atom stereocenters. The fourth-order valence-electron chi connectivity index (χ4n) is 5.00. The van der Waals surface area contributed by atoms with E-state index in [2.05, 4.69) is 29.4 Å². The SMILES string of the molecule is COc1ccc(C2C(CNC(=O)c3ccc4c(c3)CCN4C(C)=O)CCCN2C)cc1. The minimum absolute atomic E-state index is 0.0435. The van der Waals surface area contributed by atoms with E-state index in [1.54, 1.807) is 18.9 Å². The van der Waals surface area contributed by atoms with Gasteiger partial charge in [0.25, 0.3) is 5.91 Å². The normalized spacial score (nSPS) is 20.9. The summed E-state index contributed by atoms with van der Waals surface area (Å²) in [7, 11) is 3.83. The van der Waals surface area contributed by atoms with Crippen LogP contribution in [0.25, 0.3) is 0 Å². The quantitative estimate of drug-likeness (QED) is 0.804. The van der Waals surface area contributed by atoms with Crippen LogP contribution in [0.1, 0.15) is 47.3 Å². The van der Waals surface area contributed by atoms with Crippen LogP contribution in [0.4, 0.5) is 5.69 Å². The number of anilines is 1. The highest BCUT2D eigenvalue weighted by molar-refractivity contribution is 5.97. The number of fused-ring (bicyclic) bond motifs is 1. The number of nitrogens with one attached hydrogen (secondary N) is 1. The summed E-state index contributed by atoms with van der Waals surface area (Å²) in [6.45, 7) is 3.96. The Hall–Kier alpha value is -2.86. The number of rotatable bonds is 5. The van der Waals surface area contributed by atoms with Crippen LogP contribution < -0.4 is 15.0 Å². The predicted molar refractivity (Wildman–Crippen MR) is 122 cm³/mol. The lowest BCUT2D eigenvalue weighted by atomic mass is 9.85. The number of ether oxygens (including phenoxy) is 1. The standard InChI is InChI=1S/C25H31N3O3/c1-17(29)28-14-12-19-15-20(8-11-23(19)28)25(30)26-16-21-5-4-13-27(2)24(21)18-6-9-22(31-3)10-7-18/h6-11,15,21,24H,4-5,12-14,16H2,1-3H3,(H,26,30). The zero-order valence-electron chi connectivity index (χ0n) is 18.6. The topological polar surface area (TPSA) is 61.9 Å². The molecule has 0 spiro atoms. The van der Waals surface area contributed by atoms with Gasteiger partial charge >= 0.3 is 0 Å². The zero-order valence-corrected chi connectivity index (χ0v) is 18.6. The molecule has 0 bridgehead atoms. The van der Waals surface area contributed by atoms with Crippen LogP contribution in [-0.2, 0) is 11.2 Å². The van der Waals surface area contributed by atoms with Crippen molar-refractivity contribution in [3.63, 3.8) is 0 Å². The maximum Gasteiger partial charge on any atom is 0.251 e. The largest absolute Gasteiger partial charge is 0.497 e. The van der Waals surface area contributed by atoms with Gasteiger partial charge in [-0.15, -0.1) is 0 Å². The van der Waals surface area contributed by atoms with Gasteiger partial charge in [-0.05, 0) is 80.2 Å². The van der Waals surface area contributed by atoms with Crippen molar-refractivity contribution in [3.8, 4) is 5.75 Å². The van der Waals surface area contributed by atoms with Crippen molar-refractivity contribution >= 4 is 17.5 Å². The molecule has 0 aromatic heterocycles. The summed E-state index contributed by atoms with van der Waals surface area (Å²) in [5, 5.41) is 3.17. The number of carbonyl (C=O) groups excluding carboxylic acids is 2. The lowest BCUT2D eigenvalue weighted by molar-refractivity contribution is -0.116. The Balaban J connectivity index is 1.44. The maximum absolute atomic E-state index is 12.9. The average Bonchev–Trinajstić information content (AvgIpc) is 3.21. The Kier molecular flexibility index (Phi) is 6.28. The molecular formula is C25H31N3O3. The summed E-state index contributed by atoms with van der Waals surface area (Å²) < 4.78 is 5.30. The molecule has 1 saturated heterocycles. The Morgan fingerprint density at radius 3 is 2.61 bits per heavy atom. The average molecular weight is 422 g/mol. The van der Waals surface area contributed by atoms with Gasteiger partial charge in [0.2, 0.25) is 5.91 Å². The van der Waals surface area contributed by atoms with E-state index in [-0.39, 0.29) is 17.9 Å². The molecule has 2 aliphatic heterocycles. The molecule has 4 rings (SSSR count). The van der Waals surface area contributed by atoms with Crippen molar-refractivity contribution in [1.82, 2.24) is 10.2 Å². The maximum atomic E-state index is 12.9. The van der Waals surface area contributed by atoms with Gasteiger partial charge in [0, 0.05) is 37.3 Å². The fraction of sp³-hybridized carbons (Fsp3) is 0.440. The van der Waals surface area contributed by atoms with Crippen LogP contribution in [0.5, 0.6) is 5.75 Å². The van der Waals surface area contributed by atoms with Crippen LogP contribution >= 0.6 is 0 Å². The van der Waals surface area contributed by atoms with Crippen molar-refractivity contribution in [2.45, 2.75) is 32.2 Å². The van der Waals surface area contributed by atoms with Crippen molar-refractivity contribution in [2.75, 3.05) is 38.7 Å². The zero-order chi connectivity index (χ0) is 22.0. The summed E-state index contributed by atoms with van der Waals surface area (Å²) in [6, 6.07) is 14.2. The molecule has 2 aromatic rings. The van der Waals surface area contributed by atoms with E-state index in [0.717, 1.165) is 42.8 Å². The molecule has 0 aliphatic carbocycles. The summed E-state index contributed by atoms with van der Waals surface area (Å²) in [4.78, 5) is 28.8. The lowest BCUT2D eigenvalue weighted by Gasteiger charge is -2.39. The molecule has 0 saturated carbocycles. The van der Waals surface area contributed by atoms with Crippen LogP contribution in [0.15, 0.2) is 42.5 Å². The molecule has 1 N–H and O–H groups in total. The molecule has 164 valence electrons. The van der Waals surface area contributed by atoms with Gasteiger partial charge in [-0.1, -0.05) is 12.1 Å². The molecule has 2 aliphatic rings. The second kappa shape index (κ2) is 9.10. The Morgan fingerprint density at radius 2 is 1.90 bits per heavy atom. The number of carbonyl (C=O) groups is 2. The number of nitrogens with zero attached hydrogens (tertiary/aromatic N) is 2. The van der Waals surface area contributed by atoms with Gasteiger partial charge in [0.05, 0.1) is 7.11 Å². The molecule has 0 radical (unpaired) electrons. The van der Waals surface area contributed by atoms with Gasteiger partial charge in [-0.2, -0.15) is 0 Å². The van der Waals surface area contributed by atoms with E-state index in [1.807, 2.05) is 30.3 Å². The smallest absolute Gasteiger partial charge is 0.251 e. The predicted octanol–water partition coefficient (Wildman–Crippen LogP) is 3.42. The van der Waals surface area contributed by atoms with Crippen LogP contribution in [0, 0.1) is 5.92 Å². The van der Waals surface area contributed by atoms with Gasteiger partial charge in [0.15, 0.2) is 0 Å². The highest BCUT2D eigenvalue weighted by atomic mass is 16.5. The van der Waals surface area contributed by atoms with Crippen molar-refractivity contribution in [3.05, 3.63) is 59.2 Å². The molecular weight excluding hydrogens is 390 g/mol. The molecule has 2 heterocycles. The number of methoxy groups -OCH3 is 1. The summed E-state index contributed by atoms with van der Waals surface area (Å²) in [5.74, 6) is 1.19. The van der Waals surface area contributed by atoms with E-state index >= 15 is 0 Å². The first-order valence-electron chi connectivity index (χ1n) is 11.0. The first-order chi connectivity index (χ1) is 15.0. The minimum atomic E-state index is -0.0502. The van der Waals surface area contributed by atoms with E-state index in [1.165, 1.54) is 5.56 Å². The third-order valence-electron chi connectivity index (χ3n) is 6.61. The summed E-state index contributed by atoms with van der Waals surface area (Å²) in [5.41, 5.74) is 3.91. The lowest BCUT2D eigenvalue weighted by Crippen LogP contribution is -2.41. The van der Waals surface area contributed by atoms with Crippen LogP contribution in [-0.4, -0.2) is 50.5 Å². The van der Waals surface area contributed by atoms with E-state index in [4.69, 9.17) is 4.74 Å². The molecule has 1 fully saturated rings. The molecule has 2 unspecified atom stereocenters. The highest BCUT2D eigenvalue weighted by Gasteiger charge is 2.31. The second-order valence-corrected chi connectivity index (χ2v) is 8.58. The Labute approximate surface area is 184 Å². The van der Waals surface area contributed by atoms with Gasteiger partial charge in [0.1, 0.15) is 5.75 Å². The summed E-state index contributed by atoms with van der Waals surface area (Å²) >= 11 is 0. The summed E-state index contributed by atoms with van der Waals surface area (Å²) in [6.07, 6.45) is 3.01. The van der Waals surface area contributed by atoms with Crippen molar-refractivity contribution < 1.29 is 14.3 Å². The highest BCUT2D eigenvalue weighted by Crippen LogP contribution is 2.35. The number of piperidine rings is 1. The Bertz CT molecular complexity index is 957. The van der Waals surface area contributed by atoms with Gasteiger partial charge < -0.3 is 15.0 Å². The molecule has 6 heteroatoms. The number of benzene rings is 2.